The molecule has 1 heterocycles. The summed E-state index contributed by atoms with van der Waals surface area (Å²) in [5, 5.41) is 3.36. The molecule has 4 nitrogen and oxygen atoms in total. The van der Waals surface area contributed by atoms with Gasteiger partial charge in [0.15, 0.2) is 0 Å². The Bertz CT molecular complexity index is 370. The summed E-state index contributed by atoms with van der Waals surface area (Å²) in [6.07, 6.45) is 0. The molecule has 1 aliphatic heterocycles. The normalized spacial score (nSPS) is 17.1. The SMILES string of the molecule is CN(C)c1ccc(CN2CCNCC2)cc1N. The van der Waals surface area contributed by atoms with Gasteiger partial charge in [-0.2, -0.15) is 0 Å². The topological polar surface area (TPSA) is 44.5 Å². The number of anilines is 2. The van der Waals surface area contributed by atoms with Crippen molar-refractivity contribution < 1.29 is 0 Å². The average Bonchev–Trinajstić information content (AvgIpc) is 2.30. The highest BCUT2D eigenvalue weighted by molar-refractivity contribution is 5.67. The first-order chi connectivity index (χ1) is 8.16. The number of benzene rings is 1. The molecular formula is C13H22N4. The number of nitrogens with two attached hydrogens (primary N) is 1. The maximum Gasteiger partial charge on any atom is 0.0594 e. The Morgan fingerprint density at radius 3 is 2.59 bits per heavy atom. The quantitative estimate of drug-likeness (QED) is 0.757. The molecule has 17 heavy (non-hydrogen) atoms. The van der Waals surface area contributed by atoms with Crippen molar-refractivity contribution in [3.05, 3.63) is 23.8 Å². The van der Waals surface area contributed by atoms with Crippen LogP contribution in [0.2, 0.25) is 0 Å². The molecule has 1 fully saturated rings. The fraction of sp³-hybridized carbons (Fsp3) is 0.538. The lowest BCUT2D eigenvalue weighted by molar-refractivity contribution is 0.233. The zero-order chi connectivity index (χ0) is 12.3. The van der Waals surface area contributed by atoms with Crippen molar-refractivity contribution in [1.29, 1.82) is 0 Å². The van der Waals surface area contributed by atoms with Gasteiger partial charge in [0, 0.05) is 46.8 Å². The molecule has 1 aromatic carbocycles. The minimum absolute atomic E-state index is 0.864. The van der Waals surface area contributed by atoms with E-state index in [1.54, 1.807) is 0 Å². The van der Waals surface area contributed by atoms with Gasteiger partial charge in [-0.1, -0.05) is 6.07 Å². The Labute approximate surface area is 103 Å². The lowest BCUT2D eigenvalue weighted by atomic mass is 10.1. The fourth-order valence-electron chi connectivity index (χ4n) is 2.24. The molecule has 0 saturated carbocycles. The Balaban J connectivity index is 2.04. The molecule has 0 aliphatic carbocycles. The van der Waals surface area contributed by atoms with E-state index in [1.165, 1.54) is 5.56 Å². The number of nitrogens with zero attached hydrogens (tertiary/aromatic N) is 2. The van der Waals surface area contributed by atoms with Crippen LogP contribution in [-0.4, -0.2) is 45.2 Å². The van der Waals surface area contributed by atoms with Crippen molar-refractivity contribution in [1.82, 2.24) is 10.2 Å². The predicted octanol–water partition coefficient (Wildman–Crippen LogP) is 0.740. The first-order valence-corrected chi connectivity index (χ1v) is 6.15. The third kappa shape index (κ3) is 3.11. The number of nitrogen functional groups attached to an aromatic ring is 1. The first-order valence-electron chi connectivity index (χ1n) is 6.15. The van der Waals surface area contributed by atoms with Crippen LogP contribution in [0.1, 0.15) is 5.56 Å². The van der Waals surface area contributed by atoms with Gasteiger partial charge in [-0.25, -0.2) is 0 Å². The van der Waals surface area contributed by atoms with Crippen LogP contribution < -0.4 is 16.0 Å². The molecule has 1 aromatic rings. The molecule has 0 bridgehead atoms. The van der Waals surface area contributed by atoms with Gasteiger partial charge >= 0.3 is 0 Å². The highest BCUT2D eigenvalue weighted by atomic mass is 15.2. The third-order valence-electron chi connectivity index (χ3n) is 3.19. The van der Waals surface area contributed by atoms with Crippen molar-refractivity contribution in [2.24, 2.45) is 0 Å². The maximum atomic E-state index is 6.05. The third-order valence-corrected chi connectivity index (χ3v) is 3.19. The summed E-state index contributed by atoms with van der Waals surface area (Å²) in [5.74, 6) is 0. The number of rotatable bonds is 3. The Morgan fingerprint density at radius 1 is 1.29 bits per heavy atom. The second-order valence-corrected chi connectivity index (χ2v) is 4.81. The summed E-state index contributed by atoms with van der Waals surface area (Å²) in [7, 11) is 4.03. The predicted molar refractivity (Wildman–Crippen MR) is 73.3 cm³/mol. The van der Waals surface area contributed by atoms with Crippen LogP contribution in [0, 0.1) is 0 Å². The summed E-state index contributed by atoms with van der Waals surface area (Å²) >= 11 is 0. The monoisotopic (exact) mass is 234 g/mol. The first kappa shape index (κ1) is 12.2. The molecule has 94 valence electrons. The van der Waals surface area contributed by atoms with Crippen LogP contribution in [0.25, 0.3) is 0 Å². The molecule has 3 N–H and O–H groups in total. The van der Waals surface area contributed by atoms with Gasteiger partial charge in [-0.15, -0.1) is 0 Å². The molecule has 0 amide bonds. The zero-order valence-corrected chi connectivity index (χ0v) is 10.7. The van der Waals surface area contributed by atoms with Crippen molar-refractivity contribution in [2.75, 3.05) is 50.9 Å². The van der Waals surface area contributed by atoms with Crippen molar-refractivity contribution in [3.8, 4) is 0 Å². The Morgan fingerprint density at radius 2 is 2.00 bits per heavy atom. The van der Waals surface area contributed by atoms with E-state index >= 15 is 0 Å². The minimum atomic E-state index is 0.864. The van der Waals surface area contributed by atoms with E-state index in [0.717, 1.165) is 44.1 Å². The fourth-order valence-corrected chi connectivity index (χ4v) is 2.24. The summed E-state index contributed by atoms with van der Waals surface area (Å²) in [6.45, 7) is 5.42. The molecule has 0 atom stereocenters. The summed E-state index contributed by atoms with van der Waals surface area (Å²) in [5.41, 5.74) is 9.31. The zero-order valence-electron chi connectivity index (χ0n) is 10.7. The molecular weight excluding hydrogens is 212 g/mol. The molecule has 1 aliphatic rings. The Hall–Kier alpha value is -1.26. The van der Waals surface area contributed by atoms with Crippen LogP contribution in [-0.2, 0) is 6.54 Å². The standard InChI is InChI=1S/C13H22N4/c1-16(2)13-4-3-11(9-12(13)14)10-17-7-5-15-6-8-17/h3-4,9,15H,5-8,10,14H2,1-2H3. The molecule has 0 radical (unpaired) electrons. The van der Waals surface area contributed by atoms with Crippen LogP contribution in [0.5, 0.6) is 0 Å². The van der Waals surface area contributed by atoms with Gasteiger partial charge < -0.3 is 16.0 Å². The van der Waals surface area contributed by atoms with E-state index in [-0.39, 0.29) is 0 Å². The van der Waals surface area contributed by atoms with Crippen LogP contribution in [0.3, 0.4) is 0 Å². The lowest BCUT2D eigenvalue weighted by Gasteiger charge is -2.27. The van der Waals surface area contributed by atoms with Crippen LogP contribution in [0.15, 0.2) is 18.2 Å². The van der Waals surface area contributed by atoms with Crippen molar-refractivity contribution >= 4 is 11.4 Å². The van der Waals surface area contributed by atoms with Gasteiger partial charge in [-0.3, -0.25) is 4.90 Å². The smallest absolute Gasteiger partial charge is 0.0594 e. The molecule has 2 rings (SSSR count). The maximum absolute atomic E-state index is 6.05. The molecule has 0 unspecified atom stereocenters. The Kier molecular flexibility index (Phi) is 3.86. The average molecular weight is 234 g/mol. The minimum Gasteiger partial charge on any atom is -0.397 e. The number of hydrogen-bond donors (Lipinski definition) is 2. The highest BCUT2D eigenvalue weighted by Crippen LogP contribution is 2.23. The van der Waals surface area contributed by atoms with Crippen molar-refractivity contribution in [3.63, 3.8) is 0 Å². The van der Waals surface area contributed by atoms with Gasteiger partial charge in [0.1, 0.15) is 0 Å². The van der Waals surface area contributed by atoms with Gasteiger partial charge in [0.2, 0.25) is 0 Å². The van der Waals surface area contributed by atoms with E-state index in [1.807, 2.05) is 19.0 Å². The highest BCUT2D eigenvalue weighted by Gasteiger charge is 2.10. The van der Waals surface area contributed by atoms with E-state index in [9.17, 15) is 0 Å². The summed E-state index contributed by atoms with van der Waals surface area (Å²) in [4.78, 5) is 4.50. The van der Waals surface area contributed by atoms with Crippen LogP contribution >= 0.6 is 0 Å². The molecule has 0 aromatic heterocycles. The molecule has 4 heteroatoms. The van der Waals surface area contributed by atoms with E-state index in [0.29, 0.717) is 0 Å². The second kappa shape index (κ2) is 5.38. The summed E-state index contributed by atoms with van der Waals surface area (Å²) < 4.78 is 0. The lowest BCUT2D eigenvalue weighted by Crippen LogP contribution is -2.42. The number of nitrogens with one attached hydrogen (secondary N) is 1. The number of hydrogen-bond acceptors (Lipinski definition) is 4. The van der Waals surface area contributed by atoms with Crippen LogP contribution in [0.4, 0.5) is 11.4 Å². The summed E-state index contributed by atoms with van der Waals surface area (Å²) in [6, 6.07) is 6.37. The van der Waals surface area contributed by atoms with Gasteiger partial charge in [0.05, 0.1) is 11.4 Å². The van der Waals surface area contributed by atoms with E-state index in [2.05, 4.69) is 28.4 Å². The van der Waals surface area contributed by atoms with E-state index in [4.69, 9.17) is 5.73 Å². The molecule has 1 saturated heterocycles. The van der Waals surface area contributed by atoms with Gasteiger partial charge in [0.25, 0.3) is 0 Å². The molecule has 0 spiro atoms. The number of piperazine rings is 1. The van der Waals surface area contributed by atoms with Gasteiger partial charge in [-0.05, 0) is 17.7 Å². The van der Waals surface area contributed by atoms with E-state index < -0.39 is 0 Å². The second-order valence-electron chi connectivity index (χ2n) is 4.81. The van der Waals surface area contributed by atoms with Crippen molar-refractivity contribution in [2.45, 2.75) is 6.54 Å². The largest absolute Gasteiger partial charge is 0.397 e.